The third-order valence-corrected chi connectivity index (χ3v) is 5.64. The van der Waals surface area contributed by atoms with E-state index in [4.69, 9.17) is 9.47 Å². The maximum Gasteiger partial charge on any atom is 0.186 e. The molecular weight excluding hydrogens is 340 g/mol. The van der Waals surface area contributed by atoms with Crippen molar-refractivity contribution in [3.63, 3.8) is 0 Å². The normalized spacial score (nSPS) is 39.1. The molecule has 0 aromatic carbocycles. The molecular formula is C19H34O7. The van der Waals surface area contributed by atoms with Gasteiger partial charge in [0, 0.05) is 0 Å². The van der Waals surface area contributed by atoms with Crippen molar-refractivity contribution in [2.45, 2.75) is 96.3 Å². The van der Waals surface area contributed by atoms with Gasteiger partial charge in [0.25, 0.3) is 0 Å². The second-order valence-corrected chi connectivity index (χ2v) is 8.39. The Bertz CT molecular complexity index is 502. The highest BCUT2D eigenvalue weighted by atomic mass is 16.7. The van der Waals surface area contributed by atoms with Gasteiger partial charge in [-0.05, 0) is 44.9 Å². The highest BCUT2D eigenvalue weighted by molar-refractivity contribution is 5.24. The van der Waals surface area contributed by atoms with Crippen LogP contribution in [0.15, 0.2) is 11.1 Å². The minimum atomic E-state index is -1.43. The van der Waals surface area contributed by atoms with Crippen molar-refractivity contribution in [2.75, 3.05) is 6.61 Å². The highest BCUT2D eigenvalue weighted by Gasteiger charge is 2.44. The maximum absolute atomic E-state index is 10.1. The molecule has 1 aliphatic heterocycles. The lowest BCUT2D eigenvalue weighted by Crippen LogP contribution is -2.59. The monoisotopic (exact) mass is 374 g/mol. The molecule has 5 N–H and O–H groups in total. The zero-order chi connectivity index (χ0) is 19.6. The number of allylic oxidation sites excluding steroid dienone is 1. The van der Waals surface area contributed by atoms with E-state index in [0.29, 0.717) is 12.8 Å². The smallest absolute Gasteiger partial charge is 0.186 e. The molecule has 2 unspecified atom stereocenters. The molecule has 1 fully saturated rings. The zero-order valence-electron chi connectivity index (χ0n) is 16.1. The van der Waals surface area contributed by atoms with E-state index in [0.717, 1.165) is 12.8 Å². The standard InChI is InChI=1S/C19H34O7/c1-10-7-12(21)8-19(3,4)13(10)6-5-11(2)25-18-17(24)16(23)15(22)14(9-20)26-18/h11-12,14-18,20-24H,5-9H2,1-4H3/t11?,12?,14-,15-,16+,17-,18-/m1/s1. The van der Waals surface area contributed by atoms with Crippen LogP contribution < -0.4 is 0 Å². The van der Waals surface area contributed by atoms with Gasteiger partial charge in [0.1, 0.15) is 24.4 Å². The average Bonchev–Trinajstić information content (AvgIpc) is 2.53. The van der Waals surface area contributed by atoms with Gasteiger partial charge in [-0.1, -0.05) is 25.0 Å². The van der Waals surface area contributed by atoms with Crippen molar-refractivity contribution in [3.05, 3.63) is 11.1 Å². The Labute approximate surface area is 155 Å². The van der Waals surface area contributed by atoms with Crippen LogP contribution in [0.5, 0.6) is 0 Å². The van der Waals surface area contributed by atoms with E-state index in [2.05, 4.69) is 20.8 Å². The molecule has 7 nitrogen and oxygen atoms in total. The Hall–Kier alpha value is -0.540. The fourth-order valence-corrected chi connectivity index (χ4v) is 4.21. The van der Waals surface area contributed by atoms with E-state index in [1.165, 1.54) is 11.1 Å². The molecule has 26 heavy (non-hydrogen) atoms. The van der Waals surface area contributed by atoms with Crippen molar-refractivity contribution in [1.82, 2.24) is 0 Å². The number of aliphatic hydroxyl groups is 5. The summed E-state index contributed by atoms with van der Waals surface area (Å²) in [6.07, 6.45) is -3.86. The molecule has 0 amide bonds. The summed E-state index contributed by atoms with van der Waals surface area (Å²) in [5, 5.41) is 48.9. The van der Waals surface area contributed by atoms with Gasteiger partial charge in [-0.3, -0.25) is 0 Å². The van der Waals surface area contributed by atoms with Crippen molar-refractivity contribution < 1.29 is 35.0 Å². The fourth-order valence-electron chi connectivity index (χ4n) is 4.21. The molecule has 2 rings (SSSR count). The molecule has 152 valence electrons. The third-order valence-electron chi connectivity index (χ3n) is 5.64. The molecule has 7 heteroatoms. The van der Waals surface area contributed by atoms with E-state index in [1.807, 2.05) is 6.92 Å². The van der Waals surface area contributed by atoms with Crippen LogP contribution in [-0.4, -0.2) is 75.1 Å². The second kappa shape index (κ2) is 8.65. The van der Waals surface area contributed by atoms with E-state index in [9.17, 15) is 25.5 Å². The van der Waals surface area contributed by atoms with E-state index in [-0.39, 0.29) is 17.6 Å². The molecule has 1 heterocycles. The van der Waals surface area contributed by atoms with Gasteiger partial charge >= 0.3 is 0 Å². The summed E-state index contributed by atoms with van der Waals surface area (Å²) in [6, 6.07) is 0. The lowest BCUT2D eigenvalue weighted by atomic mass is 9.70. The molecule has 0 radical (unpaired) electrons. The topological polar surface area (TPSA) is 120 Å². The summed E-state index contributed by atoms with van der Waals surface area (Å²) in [5.41, 5.74) is 2.48. The van der Waals surface area contributed by atoms with Gasteiger partial charge in [-0.2, -0.15) is 0 Å². The first-order valence-corrected chi connectivity index (χ1v) is 9.40. The van der Waals surface area contributed by atoms with Crippen LogP contribution in [0, 0.1) is 5.41 Å². The number of ether oxygens (including phenoxy) is 2. The fraction of sp³-hybridized carbons (Fsp3) is 0.895. The Balaban J connectivity index is 1.94. The predicted molar refractivity (Wildman–Crippen MR) is 95.3 cm³/mol. The molecule has 1 saturated heterocycles. The minimum absolute atomic E-state index is 0.0649. The Kier molecular flexibility index (Phi) is 7.23. The number of rotatable bonds is 6. The van der Waals surface area contributed by atoms with Gasteiger partial charge in [-0.25, -0.2) is 0 Å². The van der Waals surface area contributed by atoms with Crippen LogP contribution in [0.4, 0.5) is 0 Å². The molecule has 1 aliphatic carbocycles. The first kappa shape index (κ1) is 21.8. The lowest BCUT2D eigenvalue weighted by Gasteiger charge is -2.41. The first-order chi connectivity index (χ1) is 12.1. The number of hydrogen-bond donors (Lipinski definition) is 5. The first-order valence-electron chi connectivity index (χ1n) is 9.40. The molecule has 0 spiro atoms. The largest absolute Gasteiger partial charge is 0.394 e. The Morgan fingerprint density at radius 3 is 2.38 bits per heavy atom. The number of hydrogen-bond acceptors (Lipinski definition) is 7. The molecule has 0 aromatic rings. The van der Waals surface area contributed by atoms with Crippen LogP contribution in [0.3, 0.4) is 0 Å². The van der Waals surface area contributed by atoms with Crippen LogP contribution in [-0.2, 0) is 9.47 Å². The van der Waals surface area contributed by atoms with Gasteiger partial charge in [-0.15, -0.1) is 0 Å². The highest BCUT2D eigenvalue weighted by Crippen LogP contribution is 2.42. The van der Waals surface area contributed by atoms with Crippen LogP contribution in [0.2, 0.25) is 0 Å². The second-order valence-electron chi connectivity index (χ2n) is 8.39. The van der Waals surface area contributed by atoms with Gasteiger partial charge in [0.15, 0.2) is 6.29 Å². The van der Waals surface area contributed by atoms with Crippen molar-refractivity contribution in [3.8, 4) is 0 Å². The average molecular weight is 374 g/mol. The van der Waals surface area contributed by atoms with Crippen LogP contribution in [0.1, 0.15) is 53.4 Å². The molecule has 7 atom stereocenters. The third kappa shape index (κ3) is 4.84. The quantitative estimate of drug-likeness (QED) is 0.429. The SMILES string of the molecule is CC1=C(CCC(C)O[C@@H]2O[C@H](CO)[C@@H](O)[C@H](O)[C@H]2O)C(C)(C)CC(O)C1. The van der Waals surface area contributed by atoms with Gasteiger partial charge in [0.05, 0.1) is 18.8 Å². The van der Waals surface area contributed by atoms with Gasteiger partial charge < -0.3 is 35.0 Å². The van der Waals surface area contributed by atoms with Crippen LogP contribution >= 0.6 is 0 Å². The summed E-state index contributed by atoms with van der Waals surface area (Å²) < 4.78 is 11.1. The molecule has 0 saturated carbocycles. The molecule has 2 aliphatic rings. The maximum atomic E-state index is 10.1. The summed E-state index contributed by atoms with van der Waals surface area (Å²) >= 11 is 0. The zero-order valence-corrected chi connectivity index (χ0v) is 16.1. The Morgan fingerprint density at radius 1 is 1.15 bits per heavy atom. The predicted octanol–water partition coefficient (Wildman–Crippen LogP) is 0.469. The lowest BCUT2D eigenvalue weighted by molar-refractivity contribution is -0.310. The van der Waals surface area contributed by atoms with Crippen molar-refractivity contribution in [2.24, 2.45) is 5.41 Å². The Morgan fingerprint density at radius 2 is 1.81 bits per heavy atom. The van der Waals surface area contributed by atoms with Crippen molar-refractivity contribution >= 4 is 0 Å². The van der Waals surface area contributed by atoms with E-state index >= 15 is 0 Å². The van der Waals surface area contributed by atoms with Gasteiger partial charge in [0.2, 0.25) is 0 Å². The molecule has 0 bridgehead atoms. The molecule has 0 aromatic heterocycles. The van der Waals surface area contributed by atoms with Crippen LogP contribution in [0.25, 0.3) is 0 Å². The minimum Gasteiger partial charge on any atom is -0.394 e. The van der Waals surface area contributed by atoms with Crippen molar-refractivity contribution in [1.29, 1.82) is 0 Å². The number of aliphatic hydroxyl groups excluding tert-OH is 5. The summed E-state index contributed by atoms with van der Waals surface area (Å²) in [5.74, 6) is 0. The summed E-state index contributed by atoms with van der Waals surface area (Å²) in [6.45, 7) is 7.72. The summed E-state index contributed by atoms with van der Waals surface area (Å²) in [4.78, 5) is 0. The van der Waals surface area contributed by atoms with E-state index < -0.39 is 37.3 Å². The summed E-state index contributed by atoms with van der Waals surface area (Å²) in [7, 11) is 0. The van der Waals surface area contributed by atoms with E-state index in [1.54, 1.807) is 0 Å².